The molecule has 9 atom stereocenters. The fraction of sp³-hybridized carbons (Fsp3) is 0.688. The van der Waals surface area contributed by atoms with Gasteiger partial charge in [-0.25, -0.2) is 13.9 Å². The van der Waals surface area contributed by atoms with Crippen molar-refractivity contribution >= 4 is 21.4 Å². The highest BCUT2D eigenvalue weighted by Crippen LogP contribution is 2.61. The smallest absolute Gasteiger partial charge is 0.393 e. The van der Waals surface area contributed by atoms with E-state index in [1.165, 1.54) is 13.1 Å². The van der Waals surface area contributed by atoms with E-state index in [4.69, 9.17) is 14.6 Å². The number of hydrogen-bond acceptors (Lipinski definition) is 14. The Bertz CT molecular complexity index is 1180. The highest BCUT2D eigenvalue weighted by molar-refractivity contribution is 7.61. The number of nitrogens with one attached hydrogen (secondary N) is 1. The average molecular weight is 562 g/mol. The van der Waals surface area contributed by atoms with E-state index in [1.54, 1.807) is 0 Å². The lowest BCUT2D eigenvalue weighted by Gasteiger charge is -2.35. The first-order chi connectivity index (χ1) is 16.6. The molecular weight excluding hydrogens is 538 g/mol. The predicted molar refractivity (Wildman–Crippen MR) is 111 cm³/mol. The van der Waals surface area contributed by atoms with Crippen molar-refractivity contribution in [2.75, 3.05) is 13.2 Å². The number of aromatic nitrogens is 2. The van der Waals surface area contributed by atoms with E-state index in [0.717, 1.165) is 4.57 Å². The minimum absolute atomic E-state index is 0.175. The first-order valence-electron chi connectivity index (χ1n) is 10.2. The van der Waals surface area contributed by atoms with Gasteiger partial charge in [0.2, 0.25) is 0 Å². The minimum Gasteiger partial charge on any atom is -0.393 e. The zero-order chi connectivity index (χ0) is 27.0. The fourth-order valence-corrected chi connectivity index (χ4v) is 5.50. The molecule has 36 heavy (non-hydrogen) atoms. The van der Waals surface area contributed by atoms with E-state index < -0.39 is 88.9 Å². The van der Waals surface area contributed by atoms with Crippen molar-refractivity contribution in [1.29, 1.82) is 0 Å². The highest BCUT2D eigenvalue weighted by Gasteiger charge is 2.48. The number of ether oxygens (including phenoxy) is 2. The number of Topliss-reactive ketones (excluding diaryl/α,β-unsaturated/α-hetero) is 1. The summed E-state index contributed by atoms with van der Waals surface area (Å²) in [5.41, 5.74) is -1.28. The number of aliphatic hydroxyl groups excluding tert-OH is 4. The van der Waals surface area contributed by atoms with Crippen LogP contribution in [0.2, 0.25) is 0 Å². The Labute approximate surface area is 200 Å². The number of aromatic amines is 1. The van der Waals surface area contributed by atoms with E-state index in [9.17, 15) is 48.6 Å². The fourth-order valence-electron chi connectivity index (χ4n) is 3.35. The van der Waals surface area contributed by atoms with Crippen LogP contribution in [0.1, 0.15) is 18.2 Å². The van der Waals surface area contributed by atoms with Gasteiger partial charge in [0.25, 0.3) is 5.56 Å². The zero-order valence-corrected chi connectivity index (χ0v) is 20.1. The minimum atomic E-state index is -5.57. The van der Waals surface area contributed by atoms with Gasteiger partial charge in [0.15, 0.2) is 12.1 Å². The summed E-state index contributed by atoms with van der Waals surface area (Å²) in [7, 11) is -11.0. The lowest BCUT2D eigenvalue weighted by molar-refractivity contribution is -0.233. The number of aliphatic hydroxyl groups is 4. The Hall–Kier alpha value is -1.63. The Morgan fingerprint density at radius 2 is 1.81 bits per heavy atom. The molecule has 2 unspecified atom stereocenters. The maximum atomic E-state index is 12.2. The number of carbonyl (C=O) groups is 1. The van der Waals surface area contributed by atoms with E-state index in [0.29, 0.717) is 0 Å². The van der Waals surface area contributed by atoms with Gasteiger partial charge in [0.05, 0.1) is 19.3 Å². The number of rotatable bonds is 9. The van der Waals surface area contributed by atoms with Gasteiger partial charge in [-0.15, -0.1) is 0 Å². The molecule has 2 aliphatic heterocycles. The van der Waals surface area contributed by atoms with Crippen molar-refractivity contribution in [3.63, 3.8) is 0 Å². The van der Waals surface area contributed by atoms with Crippen LogP contribution < -0.4 is 11.2 Å². The molecule has 1 aromatic rings. The number of aryl methyl sites for hydroxylation is 1. The lowest BCUT2D eigenvalue weighted by atomic mass is 10.0. The molecule has 3 heterocycles. The van der Waals surface area contributed by atoms with Gasteiger partial charge >= 0.3 is 21.3 Å². The van der Waals surface area contributed by atoms with Gasteiger partial charge < -0.3 is 39.7 Å². The standard InChI is InChI=1S/C16H24N2O16P2/c1-6-3-18(16(25)17-14(6)24)10-2-7(20)9(31-10)5-30-35(26,27)34-36(28,29)33-15-13(23)12(22)11(21)8(4-19)32-15/h3,7-10,12-13,15,19-20,22-23H,2,4-5H2,1H3,(H,26,27)(H,28,29)(H,17,24,25)/t7-,8+,9+,10+,12-,13+,15+/m0/s1. The van der Waals surface area contributed by atoms with E-state index in [2.05, 4.69) is 13.4 Å². The van der Waals surface area contributed by atoms with Gasteiger partial charge in [0.1, 0.15) is 30.6 Å². The first-order valence-corrected chi connectivity index (χ1v) is 13.1. The van der Waals surface area contributed by atoms with Crippen molar-refractivity contribution in [3.05, 3.63) is 32.6 Å². The number of phosphoric ester groups is 2. The second-order valence-corrected chi connectivity index (χ2v) is 10.8. The summed E-state index contributed by atoms with van der Waals surface area (Å²) in [6.45, 7) is -0.420. The zero-order valence-electron chi connectivity index (χ0n) is 18.3. The van der Waals surface area contributed by atoms with Crippen LogP contribution in [0.4, 0.5) is 0 Å². The van der Waals surface area contributed by atoms with Crippen molar-refractivity contribution in [2.45, 2.75) is 56.4 Å². The third kappa shape index (κ3) is 6.62. The normalized spacial score (nSPS) is 34.3. The van der Waals surface area contributed by atoms with Crippen LogP contribution in [0.15, 0.2) is 15.8 Å². The monoisotopic (exact) mass is 562 g/mol. The topological polar surface area (TPSA) is 274 Å². The van der Waals surface area contributed by atoms with Crippen LogP contribution in [0, 0.1) is 6.92 Å². The number of ketones is 1. The van der Waals surface area contributed by atoms with Crippen LogP contribution in [-0.2, 0) is 36.8 Å². The molecule has 18 nitrogen and oxygen atoms in total. The van der Waals surface area contributed by atoms with E-state index in [-0.39, 0.29) is 12.0 Å². The summed E-state index contributed by atoms with van der Waals surface area (Å²) >= 11 is 0. The number of phosphoric acid groups is 2. The molecule has 0 radical (unpaired) electrons. The van der Waals surface area contributed by atoms with Crippen LogP contribution >= 0.6 is 15.6 Å². The maximum absolute atomic E-state index is 12.2. The van der Waals surface area contributed by atoms with Crippen molar-refractivity contribution in [3.8, 4) is 0 Å². The SMILES string of the molecule is Cc1cn([C@H]2C[C@H](O)[C@@H](COP(=O)(O)OP(=O)(O)O[C@H]3O[C@H](CO)C(=O)[C@H](O)[C@H]3O)O2)c(=O)[nH]c1=O. The van der Waals surface area contributed by atoms with Crippen LogP contribution in [0.5, 0.6) is 0 Å². The number of H-pyrrole nitrogens is 1. The molecule has 20 heteroatoms. The molecule has 0 bridgehead atoms. The van der Waals surface area contributed by atoms with E-state index in [1.807, 2.05) is 4.98 Å². The van der Waals surface area contributed by atoms with Gasteiger partial charge in [-0.05, 0) is 6.92 Å². The Balaban J connectivity index is 1.60. The molecule has 1 aromatic heterocycles. The van der Waals surface area contributed by atoms with Crippen LogP contribution in [0.3, 0.4) is 0 Å². The summed E-state index contributed by atoms with van der Waals surface area (Å²) in [6.07, 6.45) is -11.0. The molecule has 2 fully saturated rings. The summed E-state index contributed by atoms with van der Waals surface area (Å²) in [5, 5.41) is 38.7. The molecule has 0 saturated carbocycles. The lowest BCUT2D eigenvalue weighted by Crippen LogP contribution is -2.56. The van der Waals surface area contributed by atoms with Crippen molar-refractivity contribution in [1.82, 2.24) is 9.55 Å². The van der Waals surface area contributed by atoms with Crippen molar-refractivity contribution < 1.29 is 67.0 Å². The third-order valence-electron chi connectivity index (χ3n) is 5.18. The Kier molecular flexibility index (Phi) is 8.84. The molecule has 7 N–H and O–H groups in total. The number of nitrogens with zero attached hydrogens (tertiary/aromatic N) is 1. The molecule has 0 aromatic carbocycles. The van der Waals surface area contributed by atoms with Gasteiger partial charge in [-0.2, -0.15) is 4.31 Å². The molecule has 3 rings (SSSR count). The Morgan fingerprint density at radius 3 is 2.44 bits per heavy atom. The molecule has 0 spiro atoms. The number of carbonyl (C=O) groups excluding carboxylic acids is 1. The van der Waals surface area contributed by atoms with Crippen LogP contribution in [0.25, 0.3) is 0 Å². The van der Waals surface area contributed by atoms with E-state index >= 15 is 0 Å². The average Bonchev–Trinajstić information content (AvgIpc) is 3.14. The summed E-state index contributed by atoms with van der Waals surface area (Å²) in [5.74, 6) is -1.14. The molecule has 0 amide bonds. The number of hydrogen-bond donors (Lipinski definition) is 7. The highest BCUT2D eigenvalue weighted by atomic mass is 31.3. The molecule has 2 aliphatic rings. The Morgan fingerprint density at radius 1 is 1.14 bits per heavy atom. The second-order valence-electron chi connectivity index (χ2n) is 7.84. The van der Waals surface area contributed by atoms with Gasteiger partial charge in [-0.3, -0.25) is 28.2 Å². The molecular formula is C16H24N2O16P2. The van der Waals surface area contributed by atoms with Crippen molar-refractivity contribution in [2.24, 2.45) is 0 Å². The van der Waals surface area contributed by atoms with Crippen LogP contribution in [-0.4, -0.2) is 95.6 Å². The summed E-state index contributed by atoms with van der Waals surface area (Å²) in [6, 6.07) is 0. The summed E-state index contributed by atoms with van der Waals surface area (Å²) < 4.78 is 48.5. The third-order valence-corrected chi connectivity index (χ3v) is 7.78. The molecule has 2 saturated heterocycles. The maximum Gasteiger partial charge on any atom is 0.483 e. The predicted octanol–water partition coefficient (Wildman–Crippen LogP) is -3.25. The second kappa shape index (κ2) is 11.0. The molecule has 0 aliphatic carbocycles. The first kappa shape index (κ1) is 28.9. The van der Waals surface area contributed by atoms with Gasteiger partial charge in [0, 0.05) is 18.2 Å². The van der Waals surface area contributed by atoms with Gasteiger partial charge in [-0.1, -0.05) is 0 Å². The quantitative estimate of drug-likeness (QED) is 0.146. The molecule has 204 valence electrons. The summed E-state index contributed by atoms with van der Waals surface area (Å²) in [4.78, 5) is 56.7. The largest absolute Gasteiger partial charge is 0.483 e.